The SMILES string of the molecule is COc1cc2ncnc(Nc3ccc(F)c(Cl)c3)c2cc1OCCCN1CCN(Cc2cccc(C3CCC(=O)NC3=O)c2)CC1. The number of fused-ring (bicyclic) bond motifs is 1. The number of methoxy groups -OCH3 is 1. The zero-order valence-corrected chi connectivity index (χ0v) is 26.4. The molecule has 10 nitrogen and oxygen atoms in total. The molecule has 2 fully saturated rings. The molecule has 4 aromatic rings. The summed E-state index contributed by atoms with van der Waals surface area (Å²) in [5.41, 5.74) is 3.43. The number of amides is 2. The molecule has 2 amide bonds. The zero-order valence-electron chi connectivity index (χ0n) is 25.6. The second-order valence-electron chi connectivity index (χ2n) is 11.6. The van der Waals surface area contributed by atoms with E-state index in [1.807, 2.05) is 24.3 Å². The van der Waals surface area contributed by atoms with Gasteiger partial charge in [-0.2, -0.15) is 0 Å². The van der Waals surface area contributed by atoms with Crippen LogP contribution < -0.4 is 20.1 Å². The monoisotopic (exact) mass is 646 g/mol. The van der Waals surface area contributed by atoms with Gasteiger partial charge in [-0.15, -0.1) is 0 Å². The van der Waals surface area contributed by atoms with Crippen molar-refractivity contribution in [3.63, 3.8) is 0 Å². The van der Waals surface area contributed by atoms with Gasteiger partial charge in [-0.1, -0.05) is 35.9 Å². The zero-order chi connectivity index (χ0) is 32.0. The molecule has 1 aromatic heterocycles. The van der Waals surface area contributed by atoms with Crippen molar-refractivity contribution in [1.29, 1.82) is 0 Å². The Balaban J connectivity index is 0.996. The van der Waals surface area contributed by atoms with E-state index in [1.54, 1.807) is 13.2 Å². The van der Waals surface area contributed by atoms with Crippen LogP contribution in [0, 0.1) is 5.82 Å². The van der Waals surface area contributed by atoms with E-state index in [0.29, 0.717) is 48.0 Å². The maximum absolute atomic E-state index is 13.6. The highest BCUT2D eigenvalue weighted by Gasteiger charge is 2.28. The molecular formula is C34H36ClFN6O4. The molecule has 1 atom stereocenters. The highest BCUT2D eigenvalue weighted by Crippen LogP contribution is 2.35. The molecule has 3 heterocycles. The van der Waals surface area contributed by atoms with Crippen molar-refractivity contribution in [3.05, 3.63) is 82.9 Å². The summed E-state index contributed by atoms with van der Waals surface area (Å²) in [5, 5.41) is 6.41. The Hall–Kier alpha value is -4.32. The van der Waals surface area contributed by atoms with Crippen molar-refractivity contribution in [2.75, 3.05) is 51.8 Å². The molecule has 46 heavy (non-hydrogen) atoms. The number of carbonyl (C=O) groups is 2. The standard InChI is InChI=1S/C34H36ClFN6O4/c1-45-30-19-29-26(33(38-21-37-29)39-24-6-8-28(36)27(35)17-24)18-31(30)46-15-3-10-41-11-13-42(14-12-41)20-22-4-2-5-23(16-22)25-7-9-32(43)40-34(25)44/h2,4-6,8,16-19,21,25H,3,7,9-15,20H2,1H3,(H,37,38,39)(H,40,43,44). The fourth-order valence-electron chi connectivity index (χ4n) is 5.97. The van der Waals surface area contributed by atoms with E-state index in [0.717, 1.165) is 56.6 Å². The molecule has 2 N–H and O–H groups in total. The normalized spacial score (nSPS) is 17.6. The lowest BCUT2D eigenvalue weighted by molar-refractivity contribution is -0.134. The Morgan fingerprint density at radius 2 is 1.85 bits per heavy atom. The van der Waals surface area contributed by atoms with Crippen LogP contribution in [-0.4, -0.2) is 78.0 Å². The lowest BCUT2D eigenvalue weighted by atomic mass is 9.89. The van der Waals surface area contributed by atoms with Gasteiger partial charge >= 0.3 is 0 Å². The molecule has 3 aromatic carbocycles. The number of benzene rings is 3. The third kappa shape index (κ3) is 7.55. The Morgan fingerprint density at radius 3 is 2.63 bits per heavy atom. The van der Waals surface area contributed by atoms with Crippen LogP contribution in [0.1, 0.15) is 36.3 Å². The second-order valence-corrected chi connectivity index (χ2v) is 12.0. The largest absolute Gasteiger partial charge is 0.493 e. The Morgan fingerprint density at radius 1 is 1.02 bits per heavy atom. The number of hydrogen-bond acceptors (Lipinski definition) is 9. The molecule has 0 radical (unpaired) electrons. The number of imide groups is 1. The summed E-state index contributed by atoms with van der Waals surface area (Å²) in [6.45, 7) is 6.09. The molecule has 2 aliphatic rings. The first-order valence-corrected chi connectivity index (χ1v) is 15.8. The van der Waals surface area contributed by atoms with Crippen LogP contribution in [0.3, 0.4) is 0 Å². The quantitative estimate of drug-likeness (QED) is 0.166. The van der Waals surface area contributed by atoms with E-state index in [-0.39, 0.29) is 22.8 Å². The number of rotatable bonds is 11. The third-order valence-corrected chi connectivity index (χ3v) is 8.73. The number of carbonyl (C=O) groups excluding carboxylic acids is 2. The van der Waals surface area contributed by atoms with Gasteiger partial charge in [0.05, 0.1) is 30.2 Å². The topological polar surface area (TPSA) is 109 Å². The number of anilines is 2. The molecule has 12 heteroatoms. The Bertz CT molecular complexity index is 1730. The van der Waals surface area contributed by atoms with Crippen LogP contribution in [0.4, 0.5) is 15.9 Å². The Labute approximate surface area is 271 Å². The van der Waals surface area contributed by atoms with Crippen molar-refractivity contribution < 1.29 is 23.5 Å². The van der Waals surface area contributed by atoms with Gasteiger partial charge in [0.15, 0.2) is 11.5 Å². The van der Waals surface area contributed by atoms with Gasteiger partial charge in [-0.3, -0.25) is 19.8 Å². The van der Waals surface area contributed by atoms with Gasteiger partial charge in [0.1, 0.15) is 18.0 Å². The summed E-state index contributed by atoms with van der Waals surface area (Å²) in [6.07, 6.45) is 3.24. The van der Waals surface area contributed by atoms with E-state index < -0.39 is 5.82 Å². The third-order valence-electron chi connectivity index (χ3n) is 8.44. The minimum atomic E-state index is -0.489. The van der Waals surface area contributed by atoms with Crippen molar-refractivity contribution in [2.24, 2.45) is 0 Å². The molecule has 0 bridgehead atoms. The van der Waals surface area contributed by atoms with Crippen LogP contribution in [0.15, 0.2) is 60.9 Å². The minimum Gasteiger partial charge on any atom is -0.493 e. The number of piperidine rings is 1. The number of nitrogens with zero attached hydrogens (tertiary/aromatic N) is 4. The highest BCUT2D eigenvalue weighted by molar-refractivity contribution is 6.31. The first kappa shape index (κ1) is 31.7. The van der Waals surface area contributed by atoms with Crippen LogP contribution in [0.25, 0.3) is 10.9 Å². The number of piperazine rings is 1. The molecule has 6 rings (SSSR count). The van der Waals surface area contributed by atoms with Crippen LogP contribution in [0.5, 0.6) is 11.5 Å². The minimum absolute atomic E-state index is 0.0206. The van der Waals surface area contributed by atoms with E-state index in [4.69, 9.17) is 21.1 Å². The van der Waals surface area contributed by atoms with E-state index in [9.17, 15) is 14.0 Å². The van der Waals surface area contributed by atoms with Crippen molar-refractivity contribution in [1.82, 2.24) is 25.1 Å². The van der Waals surface area contributed by atoms with E-state index in [2.05, 4.69) is 42.5 Å². The molecule has 240 valence electrons. The number of hydrogen-bond donors (Lipinski definition) is 2. The molecule has 0 spiro atoms. The lowest BCUT2D eigenvalue weighted by Crippen LogP contribution is -2.46. The first-order chi connectivity index (χ1) is 22.4. The summed E-state index contributed by atoms with van der Waals surface area (Å²) in [7, 11) is 1.60. The van der Waals surface area contributed by atoms with Gasteiger partial charge in [0.2, 0.25) is 11.8 Å². The summed E-state index contributed by atoms with van der Waals surface area (Å²) in [6, 6.07) is 16.3. The average Bonchev–Trinajstić information content (AvgIpc) is 3.05. The van der Waals surface area contributed by atoms with Crippen LogP contribution in [0.2, 0.25) is 5.02 Å². The molecular weight excluding hydrogens is 611 g/mol. The predicted molar refractivity (Wildman–Crippen MR) is 174 cm³/mol. The van der Waals surface area contributed by atoms with E-state index >= 15 is 0 Å². The highest BCUT2D eigenvalue weighted by atomic mass is 35.5. The predicted octanol–water partition coefficient (Wildman–Crippen LogP) is 5.28. The summed E-state index contributed by atoms with van der Waals surface area (Å²) >= 11 is 5.96. The number of halogens is 2. The van der Waals surface area contributed by atoms with Crippen LogP contribution >= 0.6 is 11.6 Å². The average molecular weight is 647 g/mol. The molecule has 0 saturated carbocycles. The summed E-state index contributed by atoms with van der Waals surface area (Å²) < 4.78 is 25.4. The first-order valence-electron chi connectivity index (χ1n) is 15.4. The fourth-order valence-corrected chi connectivity index (χ4v) is 6.15. The second kappa shape index (κ2) is 14.4. The summed E-state index contributed by atoms with van der Waals surface area (Å²) in [5.74, 6) is 0.569. The number of ether oxygens (including phenoxy) is 2. The maximum atomic E-state index is 13.6. The molecule has 1 unspecified atom stereocenters. The van der Waals surface area contributed by atoms with E-state index in [1.165, 1.54) is 24.0 Å². The van der Waals surface area contributed by atoms with Crippen molar-refractivity contribution in [2.45, 2.75) is 31.7 Å². The number of aromatic nitrogens is 2. The van der Waals surface area contributed by atoms with Crippen molar-refractivity contribution in [3.8, 4) is 11.5 Å². The fraction of sp³-hybridized carbons (Fsp3) is 0.353. The summed E-state index contributed by atoms with van der Waals surface area (Å²) in [4.78, 5) is 37.5. The molecule has 2 saturated heterocycles. The van der Waals surface area contributed by atoms with Gasteiger partial charge in [-0.25, -0.2) is 14.4 Å². The molecule has 0 aliphatic carbocycles. The smallest absolute Gasteiger partial charge is 0.234 e. The maximum Gasteiger partial charge on any atom is 0.234 e. The Kier molecular flexibility index (Phi) is 9.91. The van der Waals surface area contributed by atoms with Crippen molar-refractivity contribution >= 4 is 45.8 Å². The number of nitrogens with one attached hydrogen (secondary N) is 2. The van der Waals surface area contributed by atoms with Gasteiger partial charge in [0.25, 0.3) is 0 Å². The van der Waals surface area contributed by atoms with Gasteiger partial charge in [-0.05, 0) is 48.2 Å². The van der Waals surface area contributed by atoms with Gasteiger partial charge in [0, 0.05) is 62.8 Å². The molecule has 2 aliphatic heterocycles. The lowest BCUT2D eigenvalue weighted by Gasteiger charge is -2.34. The van der Waals surface area contributed by atoms with Crippen LogP contribution in [-0.2, 0) is 16.1 Å². The van der Waals surface area contributed by atoms with Gasteiger partial charge < -0.3 is 19.7 Å².